The molecule has 8 nitrogen and oxygen atoms in total. The van der Waals surface area contributed by atoms with Crippen molar-refractivity contribution in [3.05, 3.63) is 42.0 Å². The molecular formula is C23H37Cl2N5O3. The van der Waals surface area contributed by atoms with E-state index in [1.165, 1.54) is 5.56 Å². The molecule has 33 heavy (non-hydrogen) atoms. The predicted molar refractivity (Wildman–Crippen MR) is 134 cm³/mol. The topological polar surface area (TPSA) is 85.9 Å². The number of aliphatic hydroxyl groups excluding tert-OH is 1. The van der Waals surface area contributed by atoms with E-state index >= 15 is 0 Å². The molecule has 2 fully saturated rings. The Kier molecular flexibility index (Phi) is 11.7. The molecule has 0 spiro atoms. The van der Waals surface area contributed by atoms with Crippen LogP contribution < -0.4 is 14.8 Å². The number of aliphatic hydroxyl groups is 1. The minimum Gasteiger partial charge on any atom is -0.493 e. The summed E-state index contributed by atoms with van der Waals surface area (Å²) < 4.78 is 11.5. The Bertz CT molecular complexity index is 797. The fourth-order valence-corrected chi connectivity index (χ4v) is 4.48. The smallest absolute Gasteiger partial charge is 0.161 e. The first-order valence-corrected chi connectivity index (χ1v) is 11.3. The predicted octanol–water partition coefficient (Wildman–Crippen LogP) is 2.29. The van der Waals surface area contributed by atoms with Gasteiger partial charge in [-0.15, -0.1) is 24.8 Å². The number of aromatic amines is 1. The molecule has 0 aliphatic carbocycles. The highest BCUT2D eigenvalue weighted by Crippen LogP contribution is 2.30. The maximum absolute atomic E-state index is 10.3. The second-order valence-corrected chi connectivity index (χ2v) is 8.53. The number of benzene rings is 1. The average Bonchev–Trinajstić information content (AvgIpc) is 3.34. The van der Waals surface area contributed by atoms with Crippen LogP contribution >= 0.6 is 24.8 Å². The zero-order valence-electron chi connectivity index (χ0n) is 19.2. The first-order chi connectivity index (χ1) is 15.2. The van der Waals surface area contributed by atoms with Gasteiger partial charge in [0, 0.05) is 57.6 Å². The normalized spacial score (nSPS) is 18.7. The van der Waals surface area contributed by atoms with Crippen LogP contribution in [0, 0.1) is 0 Å². The van der Waals surface area contributed by atoms with E-state index in [0.29, 0.717) is 18.2 Å². The van der Waals surface area contributed by atoms with E-state index in [1.54, 1.807) is 7.11 Å². The summed E-state index contributed by atoms with van der Waals surface area (Å²) in [7, 11) is 1.66. The highest BCUT2D eigenvalue weighted by atomic mass is 35.5. The number of piperazine rings is 1. The van der Waals surface area contributed by atoms with Gasteiger partial charge in [0.2, 0.25) is 0 Å². The van der Waals surface area contributed by atoms with Gasteiger partial charge in [0.05, 0.1) is 7.11 Å². The number of hydrogen-bond acceptors (Lipinski definition) is 7. The van der Waals surface area contributed by atoms with Crippen molar-refractivity contribution in [2.45, 2.75) is 31.4 Å². The molecule has 2 aliphatic rings. The molecule has 0 saturated carbocycles. The lowest BCUT2D eigenvalue weighted by Crippen LogP contribution is -2.47. The molecule has 10 heteroatoms. The largest absolute Gasteiger partial charge is 0.493 e. The Balaban J connectivity index is 0.00000193. The van der Waals surface area contributed by atoms with Gasteiger partial charge < -0.3 is 24.9 Å². The molecule has 1 unspecified atom stereocenters. The molecule has 0 amide bonds. The van der Waals surface area contributed by atoms with E-state index in [2.05, 4.69) is 37.2 Å². The molecule has 2 aliphatic heterocycles. The average molecular weight is 502 g/mol. The molecule has 1 atom stereocenters. The number of methoxy groups -OCH3 is 1. The lowest BCUT2D eigenvalue weighted by Gasteiger charge is -2.31. The quantitative estimate of drug-likeness (QED) is 0.485. The van der Waals surface area contributed by atoms with Crippen LogP contribution in [0.3, 0.4) is 0 Å². The molecule has 4 rings (SSSR count). The van der Waals surface area contributed by atoms with Crippen LogP contribution in [0.4, 0.5) is 0 Å². The number of likely N-dealkylation sites (tertiary alicyclic amines) is 1. The molecule has 1 aromatic heterocycles. The third kappa shape index (κ3) is 8.02. The van der Waals surface area contributed by atoms with Crippen molar-refractivity contribution in [2.24, 2.45) is 0 Å². The molecule has 2 saturated heterocycles. The van der Waals surface area contributed by atoms with E-state index in [9.17, 15) is 5.11 Å². The maximum atomic E-state index is 10.3. The summed E-state index contributed by atoms with van der Waals surface area (Å²) in [6, 6.07) is 6.11. The summed E-state index contributed by atoms with van der Waals surface area (Å²) in [6.07, 6.45) is 5.47. The molecule has 3 N–H and O–H groups in total. The van der Waals surface area contributed by atoms with Crippen LogP contribution in [0.2, 0.25) is 0 Å². The molecule has 186 valence electrons. The van der Waals surface area contributed by atoms with Crippen LogP contribution in [0.25, 0.3) is 0 Å². The number of H-pyrrole nitrogens is 1. The van der Waals surface area contributed by atoms with Crippen molar-refractivity contribution < 1.29 is 14.6 Å². The number of halogens is 2. The minimum atomic E-state index is -0.516. The monoisotopic (exact) mass is 501 g/mol. The fourth-order valence-electron chi connectivity index (χ4n) is 4.48. The minimum absolute atomic E-state index is 0. The number of β-amino-alcohol motifs (C(OH)–C–C–N with tert-alkyl or cyclic N) is 1. The van der Waals surface area contributed by atoms with Crippen LogP contribution in [0.1, 0.15) is 30.1 Å². The molecule has 0 radical (unpaired) electrons. The Morgan fingerprint density at radius 2 is 1.85 bits per heavy atom. The second kappa shape index (κ2) is 14.0. The lowest BCUT2D eigenvalue weighted by atomic mass is 9.96. The Morgan fingerprint density at radius 3 is 2.52 bits per heavy atom. The number of imidazole rings is 1. The van der Waals surface area contributed by atoms with Gasteiger partial charge in [-0.25, -0.2) is 4.98 Å². The molecule has 1 aromatic carbocycles. The van der Waals surface area contributed by atoms with Crippen molar-refractivity contribution in [3.63, 3.8) is 0 Å². The summed E-state index contributed by atoms with van der Waals surface area (Å²) in [4.78, 5) is 12.4. The van der Waals surface area contributed by atoms with Gasteiger partial charge in [0.1, 0.15) is 18.5 Å². The number of rotatable bonds is 9. The third-order valence-electron chi connectivity index (χ3n) is 6.24. The van der Waals surface area contributed by atoms with Gasteiger partial charge in [-0.1, -0.05) is 6.07 Å². The Morgan fingerprint density at radius 1 is 1.09 bits per heavy atom. The molecular weight excluding hydrogens is 465 g/mol. The van der Waals surface area contributed by atoms with Gasteiger partial charge in [0.25, 0.3) is 0 Å². The lowest BCUT2D eigenvalue weighted by molar-refractivity contribution is 0.0632. The van der Waals surface area contributed by atoms with E-state index in [-0.39, 0.29) is 31.4 Å². The molecule has 0 bridgehead atoms. The number of piperidine rings is 1. The number of ether oxygens (including phenoxy) is 2. The van der Waals surface area contributed by atoms with Crippen LogP contribution in [-0.4, -0.2) is 90.5 Å². The summed E-state index contributed by atoms with van der Waals surface area (Å²) in [5, 5.41) is 13.7. The Labute approximate surface area is 208 Å². The van der Waals surface area contributed by atoms with Crippen molar-refractivity contribution in [3.8, 4) is 11.5 Å². The van der Waals surface area contributed by atoms with E-state index in [0.717, 1.165) is 70.2 Å². The van der Waals surface area contributed by atoms with Crippen molar-refractivity contribution in [2.75, 3.05) is 59.5 Å². The number of nitrogens with zero attached hydrogens (tertiary/aromatic N) is 3. The zero-order chi connectivity index (χ0) is 21.5. The third-order valence-corrected chi connectivity index (χ3v) is 6.24. The summed E-state index contributed by atoms with van der Waals surface area (Å²) >= 11 is 0. The number of hydrogen-bond donors (Lipinski definition) is 3. The fraction of sp³-hybridized carbons (Fsp3) is 0.609. The maximum Gasteiger partial charge on any atom is 0.161 e. The number of aromatic nitrogens is 2. The van der Waals surface area contributed by atoms with Gasteiger partial charge >= 0.3 is 0 Å². The first-order valence-electron chi connectivity index (χ1n) is 11.3. The van der Waals surface area contributed by atoms with E-state index < -0.39 is 6.10 Å². The number of nitrogens with one attached hydrogen (secondary N) is 2. The van der Waals surface area contributed by atoms with Gasteiger partial charge in [0.15, 0.2) is 11.5 Å². The van der Waals surface area contributed by atoms with Gasteiger partial charge in [-0.3, -0.25) is 9.80 Å². The van der Waals surface area contributed by atoms with Crippen molar-refractivity contribution in [1.29, 1.82) is 0 Å². The standard InChI is InChI=1S/C23H35N5O3.2ClH/c1-30-22-14-18(15-27-10-4-19(5-11-27)23-25-6-7-26-23)2-3-21(22)31-17-20(29)16-28-12-8-24-9-13-28;;/h2-3,6-7,14,19-20,24,29H,4-5,8-13,15-17H2,1H3,(H,25,26);2*1H. The summed E-state index contributed by atoms with van der Waals surface area (Å²) in [6.45, 7) is 7.80. The van der Waals surface area contributed by atoms with Gasteiger partial charge in [-0.2, -0.15) is 0 Å². The van der Waals surface area contributed by atoms with Crippen LogP contribution in [-0.2, 0) is 6.54 Å². The molecule has 3 heterocycles. The second-order valence-electron chi connectivity index (χ2n) is 8.53. The highest BCUT2D eigenvalue weighted by Gasteiger charge is 2.22. The SMILES string of the molecule is COc1cc(CN2CCC(c3ncc[nH]3)CC2)ccc1OCC(O)CN1CCNCC1.Cl.Cl. The van der Waals surface area contributed by atoms with Crippen molar-refractivity contribution >= 4 is 24.8 Å². The highest BCUT2D eigenvalue weighted by molar-refractivity contribution is 5.85. The Hall–Kier alpha value is -1.55. The van der Waals surface area contributed by atoms with E-state index in [1.807, 2.05) is 18.5 Å². The van der Waals surface area contributed by atoms with Crippen LogP contribution in [0.5, 0.6) is 11.5 Å². The van der Waals surface area contributed by atoms with E-state index in [4.69, 9.17) is 9.47 Å². The van der Waals surface area contributed by atoms with Gasteiger partial charge in [-0.05, 0) is 43.6 Å². The summed E-state index contributed by atoms with van der Waals surface area (Å²) in [5.41, 5.74) is 1.21. The zero-order valence-corrected chi connectivity index (χ0v) is 20.9. The van der Waals surface area contributed by atoms with Crippen molar-refractivity contribution in [1.82, 2.24) is 25.1 Å². The first kappa shape index (κ1) is 27.7. The van der Waals surface area contributed by atoms with Crippen LogP contribution in [0.15, 0.2) is 30.6 Å². The summed E-state index contributed by atoms with van der Waals surface area (Å²) in [5.74, 6) is 3.05. The molecule has 2 aromatic rings.